The van der Waals surface area contributed by atoms with Gasteiger partial charge in [0, 0.05) is 38.8 Å². The minimum absolute atomic E-state index is 0.00431. The van der Waals surface area contributed by atoms with E-state index in [0.29, 0.717) is 24.3 Å². The van der Waals surface area contributed by atoms with Crippen LogP contribution in [0.5, 0.6) is 0 Å². The number of nitrogens with zero attached hydrogens (tertiary/aromatic N) is 6. The maximum Gasteiger partial charge on any atom is 0.330 e. The Morgan fingerprint density at radius 1 is 1.03 bits per heavy atom. The van der Waals surface area contributed by atoms with Crippen LogP contribution in [0.15, 0.2) is 35.3 Å². The normalized spacial score (nSPS) is 21.3. The third-order valence-electron chi connectivity index (χ3n) is 6.49. The number of nitrogens with two attached hydrogens (primary N) is 1. The van der Waals surface area contributed by atoms with Gasteiger partial charge in [-0.1, -0.05) is 20.8 Å². The fraction of sp³-hybridized carbons (Fsp3) is 0.522. The molecule has 2 bridgehead atoms. The molecule has 3 saturated heterocycles. The number of anilines is 3. The van der Waals surface area contributed by atoms with E-state index in [4.69, 9.17) is 10.7 Å². The average Bonchev–Trinajstić information content (AvgIpc) is 2.98. The zero-order chi connectivity index (χ0) is 21.9. The number of imidazole rings is 1. The Hall–Kier alpha value is -3.03. The molecule has 3 fully saturated rings. The van der Waals surface area contributed by atoms with Gasteiger partial charge in [0.25, 0.3) is 0 Å². The Morgan fingerprint density at radius 3 is 2.26 bits per heavy atom. The van der Waals surface area contributed by atoms with E-state index >= 15 is 0 Å². The molecule has 164 valence electrons. The molecule has 6 heterocycles. The molecule has 8 heteroatoms. The second-order valence-electron chi connectivity index (χ2n) is 10.1. The lowest BCUT2D eigenvalue weighted by Gasteiger charge is -2.52. The molecule has 0 aliphatic carbocycles. The van der Waals surface area contributed by atoms with Crippen LogP contribution in [-0.2, 0) is 13.6 Å². The zero-order valence-electron chi connectivity index (χ0n) is 18.7. The van der Waals surface area contributed by atoms with Crippen molar-refractivity contribution in [3.05, 3.63) is 40.9 Å². The molecule has 0 radical (unpaired) electrons. The molecule has 0 spiro atoms. The Kier molecular flexibility index (Phi) is 4.50. The molecular formula is C23H31N7O. The van der Waals surface area contributed by atoms with E-state index in [9.17, 15) is 4.79 Å². The summed E-state index contributed by atoms with van der Waals surface area (Å²) in [6.07, 6.45) is 4.02. The van der Waals surface area contributed by atoms with E-state index < -0.39 is 0 Å². The van der Waals surface area contributed by atoms with E-state index in [0.717, 1.165) is 48.7 Å². The smallest absolute Gasteiger partial charge is 0.330 e. The highest BCUT2D eigenvalue weighted by molar-refractivity contribution is 5.74. The highest BCUT2D eigenvalue weighted by atomic mass is 16.1. The maximum atomic E-state index is 12.9. The standard InChI is InChI=1S/C23H31N7O/c1-23(2,3)14-30-18-8-10-20(26-21(18)27(4)22(30)31)29-13-16-6-7-17(29)12-28(16)19-9-5-15(24)11-25-19/h5,8-11,16-17H,6-7,12-14,24H2,1-4H3. The van der Waals surface area contributed by atoms with Crippen LogP contribution in [0.3, 0.4) is 0 Å². The number of piperidine rings is 2. The van der Waals surface area contributed by atoms with Gasteiger partial charge in [-0.25, -0.2) is 14.8 Å². The van der Waals surface area contributed by atoms with E-state index in [-0.39, 0.29) is 11.1 Å². The van der Waals surface area contributed by atoms with Gasteiger partial charge in [-0.2, -0.15) is 0 Å². The lowest BCUT2D eigenvalue weighted by molar-refractivity contribution is 0.330. The van der Waals surface area contributed by atoms with Gasteiger partial charge in [-0.15, -0.1) is 0 Å². The van der Waals surface area contributed by atoms with Gasteiger partial charge in [-0.05, 0) is 42.5 Å². The Balaban J connectivity index is 1.45. The Bertz CT molecular complexity index is 1170. The van der Waals surface area contributed by atoms with Crippen molar-refractivity contribution in [2.75, 3.05) is 28.6 Å². The van der Waals surface area contributed by atoms with Gasteiger partial charge in [0.05, 0.1) is 17.4 Å². The molecule has 3 aliphatic heterocycles. The number of aromatic nitrogens is 4. The molecule has 8 nitrogen and oxygen atoms in total. The van der Waals surface area contributed by atoms with E-state index in [1.165, 1.54) is 0 Å². The molecule has 0 aromatic carbocycles. The largest absolute Gasteiger partial charge is 0.397 e. The fourth-order valence-corrected chi connectivity index (χ4v) is 5.01. The summed E-state index contributed by atoms with van der Waals surface area (Å²) in [5.74, 6) is 1.95. The number of hydrogen-bond donors (Lipinski definition) is 1. The van der Waals surface area contributed by atoms with Crippen LogP contribution in [0.2, 0.25) is 0 Å². The number of piperazine rings is 1. The van der Waals surface area contributed by atoms with E-state index in [1.54, 1.807) is 10.8 Å². The first-order chi connectivity index (χ1) is 14.7. The number of nitrogen functional groups attached to an aromatic ring is 1. The van der Waals surface area contributed by atoms with E-state index in [2.05, 4.69) is 47.7 Å². The van der Waals surface area contributed by atoms with Crippen LogP contribution >= 0.6 is 0 Å². The second kappa shape index (κ2) is 7.00. The minimum Gasteiger partial charge on any atom is -0.397 e. The summed E-state index contributed by atoms with van der Waals surface area (Å²) < 4.78 is 3.53. The quantitative estimate of drug-likeness (QED) is 0.700. The van der Waals surface area contributed by atoms with Crippen LogP contribution in [0.25, 0.3) is 11.2 Å². The molecule has 3 aliphatic rings. The van der Waals surface area contributed by atoms with Crippen LogP contribution in [0, 0.1) is 5.41 Å². The predicted octanol–water partition coefficient (Wildman–Crippen LogP) is 2.62. The third-order valence-corrected chi connectivity index (χ3v) is 6.49. The Morgan fingerprint density at radius 2 is 1.68 bits per heavy atom. The van der Waals surface area contributed by atoms with Crippen molar-refractivity contribution in [1.82, 2.24) is 19.1 Å². The Labute approximate surface area is 182 Å². The first kappa shape index (κ1) is 19.9. The second-order valence-corrected chi connectivity index (χ2v) is 10.1. The molecule has 2 N–H and O–H groups in total. The van der Waals surface area contributed by atoms with Crippen LogP contribution in [0.4, 0.5) is 17.3 Å². The van der Waals surface area contributed by atoms with Gasteiger partial charge in [-0.3, -0.25) is 9.13 Å². The number of aryl methyl sites for hydroxylation is 1. The molecule has 2 atom stereocenters. The fourth-order valence-electron chi connectivity index (χ4n) is 5.01. The molecular weight excluding hydrogens is 390 g/mol. The summed E-state index contributed by atoms with van der Waals surface area (Å²) in [4.78, 5) is 27.2. The molecule has 2 unspecified atom stereocenters. The van der Waals surface area contributed by atoms with Crippen molar-refractivity contribution in [3.8, 4) is 0 Å². The maximum absolute atomic E-state index is 12.9. The molecule has 6 rings (SSSR count). The third kappa shape index (κ3) is 3.43. The van der Waals surface area contributed by atoms with Crippen molar-refractivity contribution < 1.29 is 0 Å². The predicted molar refractivity (Wildman–Crippen MR) is 125 cm³/mol. The van der Waals surface area contributed by atoms with Crippen molar-refractivity contribution in [1.29, 1.82) is 0 Å². The van der Waals surface area contributed by atoms with Crippen molar-refractivity contribution in [3.63, 3.8) is 0 Å². The summed E-state index contributed by atoms with van der Waals surface area (Å²) in [5.41, 5.74) is 8.17. The first-order valence-corrected chi connectivity index (χ1v) is 11.0. The van der Waals surface area contributed by atoms with Crippen LogP contribution in [0.1, 0.15) is 33.6 Å². The highest BCUT2D eigenvalue weighted by Gasteiger charge is 2.40. The summed E-state index contributed by atoms with van der Waals surface area (Å²) in [6.45, 7) is 8.93. The summed E-state index contributed by atoms with van der Waals surface area (Å²) in [7, 11) is 1.82. The minimum atomic E-state index is -0.00431. The molecule has 31 heavy (non-hydrogen) atoms. The van der Waals surface area contributed by atoms with Crippen molar-refractivity contribution in [2.45, 2.75) is 52.2 Å². The number of hydrogen-bond acceptors (Lipinski definition) is 6. The summed E-state index contributed by atoms with van der Waals surface area (Å²) in [5, 5.41) is 0. The lowest BCUT2D eigenvalue weighted by Crippen LogP contribution is -2.63. The number of fused-ring (bicyclic) bond motifs is 4. The topological polar surface area (TPSA) is 85.2 Å². The monoisotopic (exact) mass is 421 g/mol. The lowest BCUT2D eigenvalue weighted by atomic mass is 9.90. The van der Waals surface area contributed by atoms with Gasteiger partial charge in [0.2, 0.25) is 0 Å². The molecule has 3 aromatic rings. The summed E-state index contributed by atoms with van der Waals surface area (Å²) >= 11 is 0. The molecule has 0 amide bonds. The van der Waals surface area contributed by atoms with Gasteiger partial charge in [0.1, 0.15) is 11.6 Å². The molecule has 0 saturated carbocycles. The first-order valence-electron chi connectivity index (χ1n) is 11.0. The number of pyridine rings is 2. The average molecular weight is 422 g/mol. The van der Waals surface area contributed by atoms with Crippen molar-refractivity contribution in [2.24, 2.45) is 12.5 Å². The highest BCUT2D eigenvalue weighted by Crippen LogP contribution is 2.35. The summed E-state index contributed by atoms with van der Waals surface area (Å²) in [6, 6.07) is 8.84. The molecule has 3 aromatic heterocycles. The van der Waals surface area contributed by atoms with Gasteiger partial charge >= 0.3 is 5.69 Å². The van der Waals surface area contributed by atoms with Crippen molar-refractivity contribution >= 4 is 28.5 Å². The van der Waals surface area contributed by atoms with Gasteiger partial charge < -0.3 is 15.5 Å². The zero-order valence-corrected chi connectivity index (χ0v) is 18.7. The number of rotatable bonds is 3. The SMILES string of the molecule is Cn1c(=O)n(CC(C)(C)C)c2ccc(N3CC4CCC3CN4c3ccc(N)cn3)nc21. The van der Waals surface area contributed by atoms with Crippen LogP contribution in [-0.4, -0.2) is 44.3 Å². The van der Waals surface area contributed by atoms with Crippen LogP contribution < -0.4 is 21.2 Å². The van der Waals surface area contributed by atoms with E-state index in [1.807, 2.05) is 23.7 Å². The van der Waals surface area contributed by atoms with Gasteiger partial charge in [0.15, 0.2) is 5.65 Å².